The molecule has 0 aromatic heterocycles. The van der Waals surface area contributed by atoms with Crippen LogP contribution in [0.3, 0.4) is 0 Å². The molecule has 1 fully saturated rings. The van der Waals surface area contributed by atoms with Crippen LogP contribution in [0.25, 0.3) is 0 Å². The van der Waals surface area contributed by atoms with Crippen molar-refractivity contribution in [1.82, 2.24) is 5.32 Å². The smallest absolute Gasteiger partial charge is 0.165 e. The van der Waals surface area contributed by atoms with Crippen LogP contribution in [0.4, 0.5) is 0 Å². The fourth-order valence-electron chi connectivity index (χ4n) is 5.12. The zero-order valence-electron chi connectivity index (χ0n) is 13.5. The largest absolute Gasteiger partial charge is 0.493 e. The second kappa shape index (κ2) is 5.02. The summed E-state index contributed by atoms with van der Waals surface area (Å²) in [7, 11) is 1.74. The third kappa shape index (κ3) is 1.72. The van der Waals surface area contributed by atoms with Gasteiger partial charge in [0.1, 0.15) is 6.10 Å². The summed E-state index contributed by atoms with van der Waals surface area (Å²) in [5.74, 6) is 2.54. The maximum absolute atomic E-state index is 6.41. The van der Waals surface area contributed by atoms with Crippen LogP contribution in [0.1, 0.15) is 37.3 Å². The van der Waals surface area contributed by atoms with Crippen molar-refractivity contribution in [2.75, 3.05) is 13.7 Å². The predicted molar refractivity (Wildman–Crippen MR) is 87.8 cm³/mol. The first-order valence-corrected chi connectivity index (χ1v) is 8.41. The molecule has 1 N–H and O–H groups in total. The molecule has 0 radical (unpaired) electrons. The molecule has 1 aliphatic heterocycles. The minimum atomic E-state index is 0.120. The SMILES string of the molecule is C=CCNC1Cc2ccc(OC)c3c2[C@]2(C)C(CCC[C@H]12)O3. The Hall–Kier alpha value is -1.48. The van der Waals surface area contributed by atoms with Gasteiger partial charge in [0.2, 0.25) is 0 Å². The molecule has 4 rings (SSSR count). The first kappa shape index (κ1) is 14.1. The number of methoxy groups -OCH3 is 1. The van der Waals surface area contributed by atoms with Crippen LogP contribution in [0.2, 0.25) is 0 Å². The van der Waals surface area contributed by atoms with Gasteiger partial charge in [-0.15, -0.1) is 6.58 Å². The lowest BCUT2D eigenvalue weighted by Gasteiger charge is -2.49. The van der Waals surface area contributed by atoms with Crippen LogP contribution in [0.15, 0.2) is 24.8 Å². The number of ether oxygens (including phenoxy) is 2. The molecular weight excluding hydrogens is 274 g/mol. The van der Waals surface area contributed by atoms with Gasteiger partial charge < -0.3 is 14.8 Å². The van der Waals surface area contributed by atoms with Crippen molar-refractivity contribution in [3.63, 3.8) is 0 Å². The molecular formula is C19H25NO2. The van der Waals surface area contributed by atoms with Gasteiger partial charge in [-0.1, -0.05) is 19.1 Å². The van der Waals surface area contributed by atoms with Crippen molar-refractivity contribution in [3.8, 4) is 11.5 Å². The van der Waals surface area contributed by atoms with E-state index in [0.717, 1.165) is 30.9 Å². The molecule has 1 aromatic carbocycles. The Labute approximate surface area is 132 Å². The van der Waals surface area contributed by atoms with Crippen molar-refractivity contribution in [1.29, 1.82) is 0 Å². The van der Waals surface area contributed by atoms with Gasteiger partial charge in [-0.05, 0) is 43.2 Å². The normalized spacial score (nSPS) is 34.7. The Morgan fingerprint density at radius 1 is 1.45 bits per heavy atom. The Kier molecular flexibility index (Phi) is 3.23. The van der Waals surface area contributed by atoms with Gasteiger partial charge in [0, 0.05) is 23.6 Å². The van der Waals surface area contributed by atoms with Gasteiger partial charge in [-0.3, -0.25) is 0 Å². The zero-order chi connectivity index (χ0) is 15.3. The van der Waals surface area contributed by atoms with Crippen LogP contribution >= 0.6 is 0 Å². The molecule has 1 heterocycles. The van der Waals surface area contributed by atoms with E-state index in [1.807, 2.05) is 6.08 Å². The molecule has 118 valence electrons. The maximum Gasteiger partial charge on any atom is 0.165 e. The van der Waals surface area contributed by atoms with Crippen molar-refractivity contribution in [2.45, 2.75) is 50.2 Å². The summed E-state index contributed by atoms with van der Waals surface area (Å²) in [5, 5.41) is 3.70. The van der Waals surface area contributed by atoms with Gasteiger partial charge in [-0.2, -0.15) is 0 Å². The van der Waals surface area contributed by atoms with Crippen LogP contribution in [-0.4, -0.2) is 25.8 Å². The molecule has 3 heteroatoms. The van der Waals surface area contributed by atoms with E-state index in [1.54, 1.807) is 7.11 Å². The summed E-state index contributed by atoms with van der Waals surface area (Å²) in [6, 6.07) is 4.82. The van der Waals surface area contributed by atoms with Crippen LogP contribution in [0.5, 0.6) is 11.5 Å². The number of nitrogens with one attached hydrogen (secondary N) is 1. The molecule has 0 bridgehead atoms. The highest BCUT2D eigenvalue weighted by Gasteiger charge is 2.58. The highest BCUT2D eigenvalue weighted by atomic mass is 16.5. The highest BCUT2D eigenvalue weighted by molar-refractivity contribution is 5.60. The summed E-state index contributed by atoms with van der Waals surface area (Å²) < 4.78 is 12.0. The average Bonchev–Trinajstić information content (AvgIpc) is 2.84. The van der Waals surface area contributed by atoms with Crippen molar-refractivity contribution >= 4 is 0 Å². The Morgan fingerprint density at radius 2 is 2.32 bits per heavy atom. The van der Waals surface area contributed by atoms with Gasteiger partial charge in [0.05, 0.1) is 7.11 Å². The van der Waals surface area contributed by atoms with Gasteiger partial charge in [0.25, 0.3) is 0 Å². The minimum Gasteiger partial charge on any atom is -0.493 e. The van der Waals surface area contributed by atoms with E-state index in [0.29, 0.717) is 18.1 Å². The third-order valence-corrected chi connectivity index (χ3v) is 6.10. The van der Waals surface area contributed by atoms with E-state index in [9.17, 15) is 0 Å². The van der Waals surface area contributed by atoms with Crippen LogP contribution < -0.4 is 14.8 Å². The molecule has 1 saturated carbocycles. The Morgan fingerprint density at radius 3 is 3.09 bits per heavy atom. The van der Waals surface area contributed by atoms with E-state index in [1.165, 1.54) is 24.0 Å². The van der Waals surface area contributed by atoms with E-state index >= 15 is 0 Å². The molecule has 2 aliphatic carbocycles. The number of benzene rings is 1. The molecule has 0 amide bonds. The summed E-state index contributed by atoms with van der Waals surface area (Å²) in [5.41, 5.74) is 2.98. The van der Waals surface area contributed by atoms with Gasteiger partial charge in [-0.25, -0.2) is 0 Å². The number of hydrogen-bond acceptors (Lipinski definition) is 3. The van der Waals surface area contributed by atoms with Crippen LogP contribution in [0, 0.1) is 5.92 Å². The number of rotatable bonds is 4. The summed E-state index contributed by atoms with van der Waals surface area (Å²) >= 11 is 0. The second-order valence-electron chi connectivity index (χ2n) is 7.07. The standard InChI is InChI=1S/C19H25NO2/c1-4-10-20-14-11-12-8-9-15(21-3)18-17(12)19(2)13(14)6-5-7-16(19)22-18/h4,8-9,13-14,16,20H,1,5-7,10-11H2,2-3H3/t13-,14?,16?,19+/m1/s1. The number of hydrogen-bond donors (Lipinski definition) is 1. The van der Waals surface area contributed by atoms with E-state index in [2.05, 4.69) is 31.0 Å². The van der Waals surface area contributed by atoms with Crippen molar-refractivity contribution in [3.05, 3.63) is 35.9 Å². The van der Waals surface area contributed by atoms with E-state index in [-0.39, 0.29) is 5.41 Å². The summed E-state index contributed by atoms with van der Waals surface area (Å²) in [4.78, 5) is 0. The lowest BCUT2D eigenvalue weighted by Crippen LogP contribution is -2.56. The fourth-order valence-corrected chi connectivity index (χ4v) is 5.12. The molecule has 0 saturated heterocycles. The van der Waals surface area contributed by atoms with Crippen molar-refractivity contribution < 1.29 is 9.47 Å². The molecule has 3 nitrogen and oxygen atoms in total. The van der Waals surface area contributed by atoms with E-state index in [4.69, 9.17) is 9.47 Å². The fraction of sp³-hybridized carbons (Fsp3) is 0.579. The Balaban J connectivity index is 1.84. The van der Waals surface area contributed by atoms with Crippen molar-refractivity contribution in [2.24, 2.45) is 5.92 Å². The predicted octanol–water partition coefficient (Wildman–Crippen LogP) is 3.21. The first-order valence-electron chi connectivity index (χ1n) is 8.41. The van der Waals surface area contributed by atoms with E-state index < -0.39 is 0 Å². The quantitative estimate of drug-likeness (QED) is 0.866. The second-order valence-corrected chi connectivity index (χ2v) is 7.07. The lowest BCUT2D eigenvalue weighted by molar-refractivity contribution is 0.0402. The maximum atomic E-state index is 6.41. The average molecular weight is 299 g/mol. The molecule has 2 unspecified atom stereocenters. The molecule has 3 aliphatic rings. The van der Waals surface area contributed by atoms with Crippen LogP contribution in [-0.2, 0) is 11.8 Å². The molecule has 22 heavy (non-hydrogen) atoms. The minimum absolute atomic E-state index is 0.120. The molecule has 1 aromatic rings. The van der Waals surface area contributed by atoms with Gasteiger partial charge >= 0.3 is 0 Å². The first-order chi connectivity index (χ1) is 10.7. The monoisotopic (exact) mass is 299 g/mol. The topological polar surface area (TPSA) is 30.5 Å². The summed E-state index contributed by atoms with van der Waals surface area (Å²) in [6.45, 7) is 7.15. The molecule has 4 atom stereocenters. The zero-order valence-corrected chi connectivity index (χ0v) is 13.5. The summed E-state index contributed by atoms with van der Waals surface area (Å²) in [6.07, 6.45) is 7.02. The third-order valence-electron chi connectivity index (χ3n) is 6.10. The van der Waals surface area contributed by atoms with Gasteiger partial charge in [0.15, 0.2) is 11.5 Å². The molecule has 0 spiro atoms. The lowest BCUT2D eigenvalue weighted by atomic mass is 9.56. The highest BCUT2D eigenvalue weighted by Crippen LogP contribution is 2.60. The Bertz CT molecular complexity index is 612.